The number of aliphatic hydroxyl groups excluding tert-OH is 1. The van der Waals surface area contributed by atoms with Crippen LogP contribution in [-0.2, 0) is 0 Å². The van der Waals surface area contributed by atoms with E-state index in [2.05, 4.69) is 50.9 Å². The molecule has 1 aromatic carbocycles. The van der Waals surface area contributed by atoms with Gasteiger partial charge in [-0.3, -0.25) is 0 Å². The average Bonchev–Trinajstić information content (AvgIpc) is 3.10. The molecule has 1 aliphatic carbocycles. The van der Waals surface area contributed by atoms with Crippen LogP contribution in [0.5, 0.6) is 0 Å². The smallest absolute Gasteiger partial charge is 0.0917 e. The minimum atomic E-state index is -0.380. The molecule has 0 saturated heterocycles. The largest absolute Gasteiger partial charge is 0.387 e. The van der Waals surface area contributed by atoms with Crippen LogP contribution in [-0.4, -0.2) is 29.6 Å². The first-order valence-corrected chi connectivity index (χ1v) is 6.94. The van der Waals surface area contributed by atoms with Crippen molar-refractivity contribution in [1.82, 2.24) is 4.90 Å². The number of likely N-dealkylation sites (N-methyl/N-ethyl adjacent to an activating group) is 1. The molecule has 18 heavy (non-hydrogen) atoms. The molecule has 1 aliphatic rings. The Morgan fingerprint density at radius 2 is 1.78 bits per heavy atom. The standard InChI is InChI=1S/C16H25NO/c1-11-7-12(2)9-15(8-11)16(18)10-17(4)13(3)14-5-6-14/h7-9,13-14,16,18H,5-6,10H2,1-4H3. The monoisotopic (exact) mass is 247 g/mol. The van der Waals surface area contributed by atoms with E-state index in [9.17, 15) is 5.11 Å². The second kappa shape index (κ2) is 5.41. The topological polar surface area (TPSA) is 23.5 Å². The van der Waals surface area contributed by atoms with Crippen molar-refractivity contribution in [2.24, 2.45) is 5.92 Å². The fourth-order valence-electron chi connectivity index (χ4n) is 2.69. The highest BCUT2D eigenvalue weighted by Crippen LogP contribution is 2.35. The molecule has 2 atom stereocenters. The maximum Gasteiger partial charge on any atom is 0.0917 e. The van der Waals surface area contributed by atoms with Gasteiger partial charge in [-0.25, -0.2) is 0 Å². The minimum absolute atomic E-state index is 0.380. The first-order chi connectivity index (χ1) is 8.47. The lowest BCUT2D eigenvalue weighted by molar-refractivity contribution is 0.102. The van der Waals surface area contributed by atoms with Crippen LogP contribution in [0.3, 0.4) is 0 Å². The summed E-state index contributed by atoms with van der Waals surface area (Å²) in [4.78, 5) is 2.29. The van der Waals surface area contributed by atoms with E-state index < -0.39 is 0 Å². The van der Waals surface area contributed by atoms with Crippen molar-refractivity contribution in [3.63, 3.8) is 0 Å². The summed E-state index contributed by atoms with van der Waals surface area (Å²) >= 11 is 0. The maximum atomic E-state index is 10.3. The summed E-state index contributed by atoms with van der Waals surface area (Å²) in [7, 11) is 2.12. The SMILES string of the molecule is Cc1cc(C)cc(C(O)CN(C)C(C)C2CC2)c1. The van der Waals surface area contributed by atoms with Gasteiger partial charge in [0.1, 0.15) is 0 Å². The summed E-state index contributed by atoms with van der Waals surface area (Å²) in [5.41, 5.74) is 3.49. The third-order valence-electron chi connectivity index (χ3n) is 4.09. The van der Waals surface area contributed by atoms with E-state index in [1.54, 1.807) is 0 Å². The number of aliphatic hydroxyl groups is 1. The van der Waals surface area contributed by atoms with Gasteiger partial charge < -0.3 is 10.0 Å². The third kappa shape index (κ3) is 3.33. The molecular formula is C16H25NO. The number of hydrogen-bond donors (Lipinski definition) is 1. The Labute approximate surface area is 111 Å². The van der Waals surface area contributed by atoms with Gasteiger partial charge in [-0.2, -0.15) is 0 Å². The van der Waals surface area contributed by atoms with Crippen molar-refractivity contribution in [2.75, 3.05) is 13.6 Å². The summed E-state index contributed by atoms with van der Waals surface area (Å²) in [6.07, 6.45) is 2.32. The van der Waals surface area contributed by atoms with Crippen molar-refractivity contribution < 1.29 is 5.11 Å². The molecule has 1 saturated carbocycles. The van der Waals surface area contributed by atoms with Crippen molar-refractivity contribution in [2.45, 2.75) is 45.8 Å². The normalized spacial score (nSPS) is 19.0. The summed E-state index contributed by atoms with van der Waals surface area (Å²) in [6.45, 7) is 7.16. The molecule has 2 nitrogen and oxygen atoms in total. The molecule has 1 N–H and O–H groups in total. The van der Waals surface area contributed by atoms with Gasteiger partial charge in [-0.15, -0.1) is 0 Å². The molecule has 1 fully saturated rings. The molecule has 0 aliphatic heterocycles. The number of hydrogen-bond acceptors (Lipinski definition) is 2. The van der Waals surface area contributed by atoms with Crippen LogP contribution in [0.25, 0.3) is 0 Å². The first-order valence-electron chi connectivity index (χ1n) is 6.94. The Morgan fingerprint density at radius 3 is 2.28 bits per heavy atom. The molecule has 2 unspecified atom stereocenters. The molecule has 2 rings (SSSR count). The van der Waals surface area contributed by atoms with Crippen LogP contribution < -0.4 is 0 Å². The van der Waals surface area contributed by atoms with Crippen molar-refractivity contribution in [3.8, 4) is 0 Å². The third-order valence-corrected chi connectivity index (χ3v) is 4.09. The fraction of sp³-hybridized carbons (Fsp3) is 0.625. The highest BCUT2D eigenvalue weighted by molar-refractivity contribution is 5.30. The van der Waals surface area contributed by atoms with E-state index in [1.807, 2.05) is 0 Å². The van der Waals surface area contributed by atoms with Gasteiger partial charge in [0.2, 0.25) is 0 Å². The highest BCUT2D eigenvalue weighted by Gasteiger charge is 2.31. The van der Waals surface area contributed by atoms with Crippen LogP contribution in [0, 0.1) is 19.8 Å². The van der Waals surface area contributed by atoms with Crippen LogP contribution >= 0.6 is 0 Å². The summed E-state index contributed by atoms with van der Waals surface area (Å²) in [5, 5.41) is 10.3. The van der Waals surface area contributed by atoms with Crippen LogP contribution in [0.1, 0.15) is 42.6 Å². The van der Waals surface area contributed by atoms with Gasteiger partial charge in [-0.1, -0.05) is 29.3 Å². The predicted molar refractivity (Wildman–Crippen MR) is 75.7 cm³/mol. The number of rotatable bonds is 5. The van der Waals surface area contributed by atoms with Crippen molar-refractivity contribution in [1.29, 1.82) is 0 Å². The summed E-state index contributed by atoms with van der Waals surface area (Å²) in [6, 6.07) is 6.92. The lowest BCUT2D eigenvalue weighted by Gasteiger charge is -2.27. The molecule has 0 spiro atoms. The zero-order chi connectivity index (χ0) is 13.3. The van der Waals surface area contributed by atoms with E-state index in [1.165, 1.54) is 24.0 Å². The molecule has 100 valence electrons. The molecule has 0 heterocycles. The van der Waals surface area contributed by atoms with Gasteiger partial charge in [0.05, 0.1) is 6.10 Å². The molecule has 0 radical (unpaired) electrons. The molecular weight excluding hydrogens is 222 g/mol. The van der Waals surface area contributed by atoms with Crippen LogP contribution in [0.2, 0.25) is 0 Å². The number of nitrogens with zero attached hydrogens (tertiary/aromatic N) is 1. The van der Waals surface area contributed by atoms with E-state index in [4.69, 9.17) is 0 Å². The van der Waals surface area contributed by atoms with Crippen LogP contribution in [0.15, 0.2) is 18.2 Å². The Hall–Kier alpha value is -0.860. The van der Waals surface area contributed by atoms with E-state index in [0.717, 1.165) is 18.0 Å². The number of benzene rings is 1. The van der Waals surface area contributed by atoms with E-state index in [-0.39, 0.29) is 6.10 Å². The minimum Gasteiger partial charge on any atom is -0.387 e. The lowest BCUT2D eigenvalue weighted by atomic mass is 10.0. The van der Waals surface area contributed by atoms with E-state index >= 15 is 0 Å². The Morgan fingerprint density at radius 1 is 1.22 bits per heavy atom. The summed E-state index contributed by atoms with van der Waals surface area (Å²) in [5.74, 6) is 0.849. The fourth-order valence-corrected chi connectivity index (χ4v) is 2.69. The molecule has 0 amide bonds. The van der Waals surface area contributed by atoms with Gasteiger partial charge in [0.25, 0.3) is 0 Å². The van der Waals surface area contributed by atoms with Crippen molar-refractivity contribution in [3.05, 3.63) is 34.9 Å². The molecule has 2 heteroatoms. The highest BCUT2D eigenvalue weighted by atomic mass is 16.3. The molecule has 0 bridgehead atoms. The summed E-state index contributed by atoms with van der Waals surface area (Å²) < 4.78 is 0. The van der Waals surface area contributed by atoms with Crippen molar-refractivity contribution >= 4 is 0 Å². The van der Waals surface area contributed by atoms with Gasteiger partial charge in [0.15, 0.2) is 0 Å². The Kier molecular flexibility index (Phi) is 4.08. The molecule has 1 aromatic rings. The average molecular weight is 247 g/mol. The zero-order valence-electron chi connectivity index (χ0n) is 12.0. The first kappa shape index (κ1) is 13.6. The molecule has 0 aromatic heterocycles. The van der Waals surface area contributed by atoms with Gasteiger partial charge >= 0.3 is 0 Å². The van der Waals surface area contributed by atoms with E-state index in [0.29, 0.717) is 6.04 Å². The lowest BCUT2D eigenvalue weighted by Crippen LogP contribution is -2.34. The maximum absolute atomic E-state index is 10.3. The number of aryl methyl sites for hydroxylation is 2. The second-order valence-corrected chi connectivity index (χ2v) is 5.95. The Bertz CT molecular complexity index is 391. The Balaban J connectivity index is 1.99. The quantitative estimate of drug-likeness (QED) is 0.864. The van der Waals surface area contributed by atoms with Gasteiger partial charge in [0, 0.05) is 12.6 Å². The van der Waals surface area contributed by atoms with Crippen LogP contribution in [0.4, 0.5) is 0 Å². The zero-order valence-corrected chi connectivity index (χ0v) is 12.0. The predicted octanol–water partition coefficient (Wildman–Crippen LogP) is 3.07. The van der Waals surface area contributed by atoms with Gasteiger partial charge in [-0.05, 0) is 52.1 Å². The second-order valence-electron chi connectivity index (χ2n) is 5.95.